The van der Waals surface area contributed by atoms with E-state index in [1.807, 2.05) is 6.20 Å². The van der Waals surface area contributed by atoms with Crippen molar-refractivity contribution in [1.82, 2.24) is 15.5 Å². The number of likely N-dealkylation sites (tertiary alicyclic amines) is 1. The Kier molecular flexibility index (Phi) is 7.36. The van der Waals surface area contributed by atoms with Crippen molar-refractivity contribution in [3.63, 3.8) is 0 Å². The van der Waals surface area contributed by atoms with Gasteiger partial charge in [0, 0.05) is 24.6 Å². The fraction of sp³-hybridized carbons (Fsp3) is 0.519. The van der Waals surface area contributed by atoms with Gasteiger partial charge in [-0.25, -0.2) is 4.99 Å². The molecule has 2 N–H and O–H groups in total. The van der Waals surface area contributed by atoms with Gasteiger partial charge in [-0.2, -0.15) is 0 Å². The number of amidine groups is 1. The summed E-state index contributed by atoms with van der Waals surface area (Å²) < 4.78 is 46.0. The van der Waals surface area contributed by atoms with E-state index in [0.29, 0.717) is 18.7 Å². The smallest absolute Gasteiger partial charge is 0.469 e. The number of nitrogens with zero attached hydrogens (tertiary/aromatic N) is 2. The third-order valence-electron chi connectivity index (χ3n) is 7.84. The summed E-state index contributed by atoms with van der Waals surface area (Å²) in [6.07, 6.45) is 4.00. The number of rotatable bonds is 5. The maximum atomic E-state index is 12.9. The number of carbonyl (C=O) groups is 2. The predicted octanol–water partition coefficient (Wildman–Crippen LogP) is 4.12. The molecule has 4 aliphatic rings. The van der Waals surface area contributed by atoms with Gasteiger partial charge in [0.05, 0.1) is 18.7 Å². The average molecular weight is 533 g/mol. The average Bonchev–Trinajstić information content (AvgIpc) is 3.37. The van der Waals surface area contributed by atoms with Crippen LogP contribution in [0.5, 0.6) is 5.75 Å². The molecule has 1 saturated carbocycles. The van der Waals surface area contributed by atoms with Crippen LogP contribution in [0.3, 0.4) is 0 Å². The van der Waals surface area contributed by atoms with E-state index in [0.717, 1.165) is 62.2 Å². The van der Waals surface area contributed by atoms with Crippen molar-refractivity contribution in [3.05, 3.63) is 53.4 Å². The molecule has 5 rings (SSSR count). The molecular formula is C27H31F3N4O4. The molecule has 1 amide bonds. The van der Waals surface area contributed by atoms with Gasteiger partial charge < -0.3 is 25.0 Å². The van der Waals surface area contributed by atoms with Crippen LogP contribution >= 0.6 is 0 Å². The maximum absolute atomic E-state index is 12.9. The van der Waals surface area contributed by atoms with Gasteiger partial charge in [-0.05, 0) is 86.6 Å². The first kappa shape index (κ1) is 26.1. The highest BCUT2D eigenvalue weighted by atomic mass is 19.4. The van der Waals surface area contributed by atoms with Crippen molar-refractivity contribution in [3.8, 4) is 5.75 Å². The van der Waals surface area contributed by atoms with E-state index in [-0.39, 0.29) is 41.5 Å². The van der Waals surface area contributed by atoms with Gasteiger partial charge in [-0.1, -0.05) is 0 Å². The molecule has 1 unspecified atom stereocenters. The molecule has 0 bridgehead atoms. The first-order valence-corrected chi connectivity index (χ1v) is 13.0. The molecule has 1 saturated heterocycles. The zero-order valence-corrected chi connectivity index (χ0v) is 21.1. The van der Waals surface area contributed by atoms with Crippen molar-refractivity contribution >= 4 is 17.7 Å². The second-order valence-corrected chi connectivity index (χ2v) is 10.1. The number of aliphatic imine (C=N–C) groups is 1. The van der Waals surface area contributed by atoms with Crippen LogP contribution in [0.1, 0.15) is 48.9 Å². The second-order valence-electron chi connectivity index (χ2n) is 10.1. The zero-order chi connectivity index (χ0) is 26.9. The van der Waals surface area contributed by atoms with Crippen molar-refractivity contribution in [2.45, 2.75) is 51.1 Å². The van der Waals surface area contributed by atoms with Crippen LogP contribution in [-0.2, 0) is 9.53 Å². The molecular weight excluding hydrogens is 501 g/mol. The minimum Gasteiger partial charge on any atom is -0.469 e. The largest absolute Gasteiger partial charge is 0.573 e. The van der Waals surface area contributed by atoms with Crippen LogP contribution in [-0.4, -0.2) is 55.3 Å². The third kappa shape index (κ3) is 5.66. The van der Waals surface area contributed by atoms with Crippen LogP contribution in [0.25, 0.3) is 0 Å². The summed E-state index contributed by atoms with van der Waals surface area (Å²) in [4.78, 5) is 31.4. The lowest BCUT2D eigenvalue weighted by Crippen LogP contribution is -2.40. The van der Waals surface area contributed by atoms with Crippen molar-refractivity contribution in [1.29, 1.82) is 0 Å². The highest BCUT2D eigenvalue weighted by Gasteiger charge is 2.37. The lowest BCUT2D eigenvalue weighted by Gasteiger charge is -2.34. The molecule has 3 aliphatic heterocycles. The summed E-state index contributed by atoms with van der Waals surface area (Å²) in [5.74, 6) is 0.786. The number of nitrogens with one attached hydrogen (secondary N) is 2. The van der Waals surface area contributed by atoms with Gasteiger partial charge in [-0.15, -0.1) is 13.2 Å². The number of hydrogen-bond donors (Lipinski definition) is 2. The van der Waals surface area contributed by atoms with E-state index >= 15 is 0 Å². The molecule has 11 heteroatoms. The standard InChI is InChI=1S/C27H31F3N4O4/c1-37-26(36)19-4-2-17(3-5-19)23-32-22-21(10-13-31-24(22)33-23)16-11-14-34(15-12-16)25(35)18-6-8-20(9-7-18)38-27(28,29)30/h6-10,13,16-17,19,24,31H,2-5,11-12,14-15H2,1H3,(H,32,33). The number of dihydropyridines is 1. The van der Waals surface area contributed by atoms with Gasteiger partial charge >= 0.3 is 12.3 Å². The molecule has 1 aromatic rings. The van der Waals surface area contributed by atoms with Crippen LogP contribution in [0, 0.1) is 17.8 Å². The summed E-state index contributed by atoms with van der Waals surface area (Å²) >= 11 is 0. The fourth-order valence-electron chi connectivity index (χ4n) is 5.82. The number of alkyl halides is 3. The normalized spacial score (nSPS) is 25.7. The number of piperidine rings is 1. The Morgan fingerprint density at radius 2 is 1.68 bits per heavy atom. The zero-order valence-electron chi connectivity index (χ0n) is 21.1. The van der Waals surface area contributed by atoms with Crippen molar-refractivity contribution in [2.24, 2.45) is 22.7 Å². The Labute approximate surface area is 218 Å². The van der Waals surface area contributed by atoms with Gasteiger partial charge in [0.1, 0.15) is 11.6 Å². The first-order chi connectivity index (χ1) is 18.2. The maximum Gasteiger partial charge on any atom is 0.573 e. The van der Waals surface area contributed by atoms with E-state index in [1.54, 1.807) is 4.90 Å². The minimum atomic E-state index is -4.77. The molecule has 8 nitrogen and oxygen atoms in total. The number of ether oxygens (including phenoxy) is 2. The highest BCUT2D eigenvalue weighted by molar-refractivity contribution is 5.94. The number of amides is 1. The number of halogens is 3. The van der Waals surface area contributed by atoms with Gasteiger partial charge in [0.25, 0.3) is 5.91 Å². The summed E-state index contributed by atoms with van der Waals surface area (Å²) in [7, 11) is 1.43. The molecule has 1 aromatic carbocycles. The number of hydrogen-bond acceptors (Lipinski definition) is 7. The molecule has 0 spiro atoms. The quantitative estimate of drug-likeness (QED) is 0.555. The minimum absolute atomic E-state index is 0.0332. The molecule has 2 fully saturated rings. The summed E-state index contributed by atoms with van der Waals surface area (Å²) in [6, 6.07) is 5.04. The van der Waals surface area contributed by atoms with Gasteiger partial charge in [0.15, 0.2) is 6.17 Å². The first-order valence-electron chi connectivity index (χ1n) is 13.0. The number of benzene rings is 1. The second kappa shape index (κ2) is 10.7. The summed E-state index contributed by atoms with van der Waals surface area (Å²) in [5.41, 5.74) is 2.58. The van der Waals surface area contributed by atoms with Crippen molar-refractivity contribution in [2.75, 3.05) is 20.2 Å². The molecule has 0 radical (unpaired) electrons. The topological polar surface area (TPSA) is 92.3 Å². The van der Waals surface area contributed by atoms with Crippen LogP contribution < -0.4 is 15.4 Å². The number of carbonyl (C=O) groups excluding carboxylic acids is 2. The lowest BCUT2D eigenvalue weighted by molar-refractivity contribution is -0.274. The molecule has 1 aliphatic carbocycles. The summed E-state index contributed by atoms with van der Waals surface area (Å²) in [5, 5.41) is 6.89. The van der Waals surface area contributed by atoms with Crippen LogP contribution in [0.4, 0.5) is 13.2 Å². The SMILES string of the molecule is COC(=O)C1CCC(C2=NC3NC=CC(C4CCN(C(=O)c5ccc(OC(F)(F)F)cc5)CC4)=C3N2)CC1. The lowest BCUT2D eigenvalue weighted by atomic mass is 9.81. The van der Waals surface area contributed by atoms with E-state index in [4.69, 9.17) is 9.73 Å². The predicted molar refractivity (Wildman–Crippen MR) is 133 cm³/mol. The van der Waals surface area contributed by atoms with E-state index in [9.17, 15) is 22.8 Å². The molecule has 204 valence electrons. The van der Waals surface area contributed by atoms with E-state index in [2.05, 4.69) is 21.4 Å². The molecule has 38 heavy (non-hydrogen) atoms. The van der Waals surface area contributed by atoms with Crippen molar-refractivity contribution < 1.29 is 32.2 Å². The van der Waals surface area contributed by atoms with Crippen LogP contribution in [0.15, 0.2) is 52.8 Å². The van der Waals surface area contributed by atoms with Gasteiger partial charge in [-0.3, -0.25) is 9.59 Å². The van der Waals surface area contributed by atoms with E-state index < -0.39 is 6.36 Å². The Morgan fingerprint density at radius 1 is 1.00 bits per heavy atom. The number of fused-ring (bicyclic) bond motifs is 1. The Bertz CT molecular complexity index is 1150. The number of methoxy groups -OCH3 is 1. The Hall–Kier alpha value is -3.50. The number of esters is 1. The monoisotopic (exact) mass is 532 g/mol. The van der Waals surface area contributed by atoms with Gasteiger partial charge in [0.2, 0.25) is 0 Å². The van der Waals surface area contributed by atoms with E-state index in [1.165, 1.54) is 24.8 Å². The summed E-state index contributed by atoms with van der Waals surface area (Å²) in [6.45, 7) is 1.11. The third-order valence-corrected chi connectivity index (χ3v) is 7.84. The Balaban J connectivity index is 1.18. The fourth-order valence-corrected chi connectivity index (χ4v) is 5.82. The Morgan fingerprint density at radius 3 is 2.32 bits per heavy atom. The molecule has 0 aromatic heterocycles. The molecule has 3 heterocycles. The molecule has 1 atom stereocenters. The number of allylic oxidation sites excluding steroid dienone is 2. The highest BCUT2D eigenvalue weighted by Crippen LogP contribution is 2.36. The van der Waals surface area contributed by atoms with Crippen LogP contribution in [0.2, 0.25) is 0 Å².